The highest BCUT2D eigenvalue weighted by Gasteiger charge is 2.01. The summed E-state index contributed by atoms with van der Waals surface area (Å²) in [5.41, 5.74) is 0. The fourth-order valence-corrected chi connectivity index (χ4v) is 1.93. The van der Waals surface area contributed by atoms with E-state index in [2.05, 4.69) is 12.2 Å². The second-order valence-corrected chi connectivity index (χ2v) is 4.96. The second-order valence-electron chi connectivity index (χ2n) is 4.96. The summed E-state index contributed by atoms with van der Waals surface area (Å²) in [7, 11) is 1.73. The lowest BCUT2D eigenvalue weighted by Gasteiger charge is -2.12. The summed E-state index contributed by atoms with van der Waals surface area (Å²) in [6.07, 6.45) is 3.59. The van der Waals surface area contributed by atoms with Crippen molar-refractivity contribution in [1.29, 1.82) is 0 Å². The number of hydrogen-bond donors (Lipinski definition) is 1. The van der Waals surface area contributed by atoms with E-state index in [1.165, 1.54) is 12.8 Å². The average molecular weight is 265 g/mol. The number of methoxy groups -OCH3 is 1. The van der Waals surface area contributed by atoms with Gasteiger partial charge in [0.1, 0.15) is 5.75 Å². The summed E-state index contributed by atoms with van der Waals surface area (Å²) < 4.78 is 10.7. The van der Waals surface area contributed by atoms with Crippen LogP contribution in [0.1, 0.15) is 26.2 Å². The van der Waals surface area contributed by atoms with Crippen molar-refractivity contribution in [2.45, 2.75) is 26.2 Å². The third-order valence-corrected chi connectivity index (χ3v) is 3.08. The Bertz CT molecular complexity index is 303. The molecule has 0 saturated carbocycles. The number of hydrogen-bond acceptors (Lipinski definition) is 3. The second kappa shape index (κ2) is 10.8. The van der Waals surface area contributed by atoms with Crippen molar-refractivity contribution in [3.8, 4) is 5.75 Å². The molecular weight excluding hydrogens is 238 g/mol. The van der Waals surface area contributed by atoms with Gasteiger partial charge in [0.2, 0.25) is 0 Å². The van der Waals surface area contributed by atoms with Crippen LogP contribution in [0.3, 0.4) is 0 Å². The number of ether oxygens (including phenoxy) is 2. The molecule has 108 valence electrons. The fourth-order valence-electron chi connectivity index (χ4n) is 1.93. The van der Waals surface area contributed by atoms with Crippen LogP contribution in [-0.4, -0.2) is 33.4 Å². The van der Waals surface area contributed by atoms with Crippen LogP contribution in [-0.2, 0) is 4.74 Å². The van der Waals surface area contributed by atoms with Crippen LogP contribution in [0.5, 0.6) is 5.75 Å². The van der Waals surface area contributed by atoms with Gasteiger partial charge in [-0.25, -0.2) is 0 Å². The lowest BCUT2D eigenvalue weighted by Crippen LogP contribution is -2.24. The van der Waals surface area contributed by atoms with Crippen molar-refractivity contribution in [2.24, 2.45) is 5.92 Å². The Kier molecular flexibility index (Phi) is 9.11. The summed E-state index contributed by atoms with van der Waals surface area (Å²) in [6, 6.07) is 10.0. The molecule has 0 aliphatic heterocycles. The Hall–Kier alpha value is -1.06. The maximum atomic E-state index is 5.67. The van der Waals surface area contributed by atoms with Gasteiger partial charge in [0.25, 0.3) is 0 Å². The third kappa shape index (κ3) is 8.62. The van der Waals surface area contributed by atoms with Crippen molar-refractivity contribution in [1.82, 2.24) is 5.32 Å². The highest BCUT2D eigenvalue weighted by Crippen LogP contribution is 2.11. The lowest BCUT2D eigenvalue weighted by molar-refractivity contribution is 0.197. The molecule has 1 atom stereocenters. The van der Waals surface area contributed by atoms with E-state index in [1.54, 1.807) is 7.11 Å². The van der Waals surface area contributed by atoms with E-state index >= 15 is 0 Å². The number of unbranched alkanes of at least 4 members (excludes halogenated alkanes) is 1. The molecule has 1 aromatic carbocycles. The van der Waals surface area contributed by atoms with Crippen LogP contribution in [0.4, 0.5) is 0 Å². The monoisotopic (exact) mass is 265 g/mol. The van der Waals surface area contributed by atoms with Gasteiger partial charge in [-0.1, -0.05) is 25.1 Å². The fraction of sp³-hybridized carbons (Fsp3) is 0.625. The largest absolute Gasteiger partial charge is 0.494 e. The topological polar surface area (TPSA) is 30.5 Å². The molecule has 1 aromatic rings. The van der Waals surface area contributed by atoms with Crippen molar-refractivity contribution < 1.29 is 9.47 Å². The molecule has 19 heavy (non-hydrogen) atoms. The first-order valence-electron chi connectivity index (χ1n) is 7.20. The van der Waals surface area contributed by atoms with Gasteiger partial charge in [0, 0.05) is 13.7 Å². The first-order chi connectivity index (χ1) is 9.33. The van der Waals surface area contributed by atoms with Crippen molar-refractivity contribution in [3.63, 3.8) is 0 Å². The Labute approximate surface area is 117 Å². The minimum atomic E-state index is 0.716. The molecular formula is C16H27NO2. The van der Waals surface area contributed by atoms with Crippen molar-refractivity contribution in [2.75, 3.05) is 33.4 Å². The number of para-hydroxylation sites is 1. The van der Waals surface area contributed by atoms with E-state index in [4.69, 9.17) is 9.47 Å². The van der Waals surface area contributed by atoms with Gasteiger partial charge in [-0.05, 0) is 43.9 Å². The molecule has 1 unspecified atom stereocenters. The van der Waals surface area contributed by atoms with Crippen LogP contribution in [0.2, 0.25) is 0 Å². The highest BCUT2D eigenvalue weighted by atomic mass is 16.5. The van der Waals surface area contributed by atoms with Gasteiger partial charge in [-0.2, -0.15) is 0 Å². The molecule has 1 N–H and O–H groups in total. The minimum absolute atomic E-state index is 0.716. The lowest BCUT2D eigenvalue weighted by atomic mass is 10.0. The molecule has 0 radical (unpaired) electrons. The molecule has 0 aliphatic carbocycles. The maximum Gasteiger partial charge on any atom is 0.119 e. The third-order valence-electron chi connectivity index (χ3n) is 3.08. The van der Waals surface area contributed by atoms with Gasteiger partial charge in [0.15, 0.2) is 0 Å². The Morgan fingerprint density at radius 2 is 1.89 bits per heavy atom. The SMILES string of the molecule is COCCNCC(C)CCCCOc1ccccc1. The zero-order valence-electron chi connectivity index (χ0n) is 12.2. The van der Waals surface area contributed by atoms with Gasteiger partial charge < -0.3 is 14.8 Å². The summed E-state index contributed by atoms with van der Waals surface area (Å²) in [4.78, 5) is 0. The van der Waals surface area contributed by atoms with Crippen LogP contribution >= 0.6 is 0 Å². The zero-order chi connectivity index (χ0) is 13.8. The molecule has 0 aromatic heterocycles. The Balaban J connectivity index is 1.92. The molecule has 0 heterocycles. The highest BCUT2D eigenvalue weighted by molar-refractivity contribution is 5.20. The van der Waals surface area contributed by atoms with E-state index in [9.17, 15) is 0 Å². The first-order valence-corrected chi connectivity index (χ1v) is 7.20. The molecule has 0 saturated heterocycles. The summed E-state index contributed by atoms with van der Waals surface area (Å²) >= 11 is 0. The summed E-state index contributed by atoms with van der Waals surface area (Å²) in [6.45, 7) is 5.91. The van der Waals surface area contributed by atoms with Crippen LogP contribution < -0.4 is 10.1 Å². The molecule has 0 spiro atoms. The summed E-state index contributed by atoms with van der Waals surface area (Å²) in [5, 5.41) is 3.40. The average Bonchev–Trinajstić information content (AvgIpc) is 2.44. The minimum Gasteiger partial charge on any atom is -0.494 e. The predicted molar refractivity (Wildman–Crippen MR) is 79.7 cm³/mol. The zero-order valence-corrected chi connectivity index (χ0v) is 12.2. The molecule has 0 bridgehead atoms. The van der Waals surface area contributed by atoms with E-state index in [0.29, 0.717) is 5.92 Å². The standard InChI is InChI=1S/C16H27NO2/c1-15(14-17-11-13-18-2)8-6-7-12-19-16-9-4-3-5-10-16/h3-5,9-10,15,17H,6-8,11-14H2,1-2H3. The van der Waals surface area contributed by atoms with Crippen LogP contribution in [0.25, 0.3) is 0 Å². The first kappa shape index (κ1) is 16.0. The van der Waals surface area contributed by atoms with Crippen molar-refractivity contribution in [3.05, 3.63) is 30.3 Å². The summed E-state index contributed by atoms with van der Waals surface area (Å²) in [5.74, 6) is 1.69. The number of rotatable bonds is 11. The molecule has 0 aliphatic rings. The number of benzene rings is 1. The molecule has 1 rings (SSSR count). The smallest absolute Gasteiger partial charge is 0.119 e. The van der Waals surface area contributed by atoms with Crippen molar-refractivity contribution >= 4 is 0 Å². The molecule has 0 amide bonds. The molecule has 0 fully saturated rings. The predicted octanol–water partition coefficient (Wildman–Crippen LogP) is 3.11. The van der Waals surface area contributed by atoms with E-state index in [1.807, 2.05) is 30.3 Å². The number of nitrogens with one attached hydrogen (secondary N) is 1. The van der Waals surface area contributed by atoms with E-state index in [0.717, 1.165) is 38.5 Å². The van der Waals surface area contributed by atoms with Gasteiger partial charge in [-0.3, -0.25) is 0 Å². The normalized spacial score (nSPS) is 12.3. The van der Waals surface area contributed by atoms with Gasteiger partial charge >= 0.3 is 0 Å². The van der Waals surface area contributed by atoms with E-state index in [-0.39, 0.29) is 0 Å². The Morgan fingerprint density at radius 1 is 1.11 bits per heavy atom. The van der Waals surface area contributed by atoms with Gasteiger partial charge in [-0.15, -0.1) is 0 Å². The molecule has 3 nitrogen and oxygen atoms in total. The maximum absolute atomic E-state index is 5.67. The van der Waals surface area contributed by atoms with Gasteiger partial charge in [0.05, 0.1) is 13.2 Å². The van der Waals surface area contributed by atoms with Crippen LogP contribution in [0, 0.1) is 5.92 Å². The quantitative estimate of drug-likeness (QED) is 0.624. The van der Waals surface area contributed by atoms with E-state index < -0.39 is 0 Å². The molecule has 3 heteroatoms. The Morgan fingerprint density at radius 3 is 2.63 bits per heavy atom. The van der Waals surface area contributed by atoms with Crippen LogP contribution in [0.15, 0.2) is 30.3 Å².